The quantitative estimate of drug-likeness (QED) is 0.830. The minimum atomic E-state index is -0.140. The first-order valence-electron chi connectivity index (χ1n) is 5.58. The summed E-state index contributed by atoms with van der Waals surface area (Å²) in [5.41, 5.74) is 1.71. The Morgan fingerprint density at radius 2 is 1.44 bits per heavy atom. The number of hydrogen-bond acceptors (Lipinski definition) is 3. The molecule has 2 aromatic carbocycles. The second kappa shape index (κ2) is 5.36. The standard InChI is InChI=1S/C15H14O3/c1-17-14-6-4-3-5-12(14)11-7-9-13(16)15(18-2)10-8-11/h3-10H,1-2H3. The van der Waals surface area contributed by atoms with Crippen LogP contribution in [0.25, 0.3) is 11.1 Å². The fourth-order valence-corrected chi connectivity index (χ4v) is 1.78. The first-order chi connectivity index (χ1) is 8.76. The minimum Gasteiger partial charge on any atom is -0.496 e. The summed E-state index contributed by atoms with van der Waals surface area (Å²) in [4.78, 5) is 11.6. The minimum absolute atomic E-state index is 0.140. The van der Waals surface area contributed by atoms with E-state index in [-0.39, 0.29) is 5.43 Å². The van der Waals surface area contributed by atoms with Gasteiger partial charge in [0.05, 0.1) is 14.2 Å². The molecule has 3 nitrogen and oxygen atoms in total. The Hall–Kier alpha value is -2.29. The van der Waals surface area contributed by atoms with Crippen LogP contribution in [0.2, 0.25) is 0 Å². The van der Waals surface area contributed by atoms with Crippen molar-refractivity contribution in [2.24, 2.45) is 0 Å². The van der Waals surface area contributed by atoms with Gasteiger partial charge in [-0.25, -0.2) is 0 Å². The van der Waals surface area contributed by atoms with E-state index < -0.39 is 0 Å². The molecule has 18 heavy (non-hydrogen) atoms. The van der Waals surface area contributed by atoms with Gasteiger partial charge in [0.1, 0.15) is 5.75 Å². The molecule has 2 aromatic rings. The second-order valence-corrected chi connectivity index (χ2v) is 3.75. The van der Waals surface area contributed by atoms with Gasteiger partial charge >= 0.3 is 0 Å². The first kappa shape index (κ1) is 12.2. The number of hydrogen-bond donors (Lipinski definition) is 0. The SMILES string of the molecule is COc1ccccc1-c1ccc(OC)c(=O)cc1. The van der Waals surface area contributed by atoms with Gasteiger partial charge in [-0.1, -0.05) is 30.3 Å². The molecule has 0 saturated carbocycles. The van der Waals surface area contributed by atoms with Crippen LogP contribution in [-0.2, 0) is 0 Å². The fourth-order valence-electron chi connectivity index (χ4n) is 1.78. The molecule has 0 bridgehead atoms. The summed E-state index contributed by atoms with van der Waals surface area (Å²) in [5, 5.41) is 0. The lowest BCUT2D eigenvalue weighted by atomic mass is 10.1. The molecular weight excluding hydrogens is 228 g/mol. The molecule has 0 fully saturated rings. The Morgan fingerprint density at radius 1 is 0.778 bits per heavy atom. The highest BCUT2D eigenvalue weighted by Crippen LogP contribution is 2.28. The van der Waals surface area contributed by atoms with Crippen LogP contribution in [0.15, 0.2) is 53.3 Å². The molecule has 0 unspecified atom stereocenters. The smallest absolute Gasteiger partial charge is 0.220 e. The molecular formula is C15H14O3. The van der Waals surface area contributed by atoms with Crippen LogP contribution in [0.4, 0.5) is 0 Å². The summed E-state index contributed by atoms with van der Waals surface area (Å²) >= 11 is 0. The van der Waals surface area contributed by atoms with E-state index in [0.717, 1.165) is 16.9 Å². The molecule has 0 aliphatic heterocycles. The summed E-state index contributed by atoms with van der Waals surface area (Å²) in [5.74, 6) is 1.10. The number of methoxy groups -OCH3 is 2. The first-order valence-corrected chi connectivity index (χ1v) is 5.58. The van der Waals surface area contributed by atoms with E-state index in [9.17, 15) is 4.79 Å². The lowest BCUT2D eigenvalue weighted by molar-refractivity contribution is 0.411. The van der Waals surface area contributed by atoms with Crippen molar-refractivity contribution in [3.05, 3.63) is 58.8 Å². The number of rotatable bonds is 3. The molecule has 92 valence electrons. The third kappa shape index (κ3) is 2.35. The highest BCUT2D eigenvalue weighted by atomic mass is 16.5. The van der Waals surface area contributed by atoms with Gasteiger partial charge < -0.3 is 9.47 Å². The normalized spacial score (nSPS) is 9.89. The van der Waals surface area contributed by atoms with Crippen molar-refractivity contribution in [3.63, 3.8) is 0 Å². The maximum atomic E-state index is 11.6. The van der Waals surface area contributed by atoms with E-state index in [1.807, 2.05) is 30.3 Å². The van der Waals surface area contributed by atoms with Gasteiger partial charge in [-0.05, 0) is 23.8 Å². The van der Waals surface area contributed by atoms with Gasteiger partial charge in [0.2, 0.25) is 5.43 Å². The van der Waals surface area contributed by atoms with Gasteiger partial charge in [-0.2, -0.15) is 0 Å². The molecule has 0 aromatic heterocycles. The van der Waals surface area contributed by atoms with Crippen molar-refractivity contribution in [1.82, 2.24) is 0 Å². The Kier molecular flexibility index (Phi) is 3.63. The number of ether oxygens (including phenoxy) is 2. The summed E-state index contributed by atoms with van der Waals surface area (Å²) in [6.07, 6.45) is 0. The Morgan fingerprint density at radius 3 is 2.17 bits per heavy atom. The maximum Gasteiger partial charge on any atom is 0.220 e. The molecule has 0 radical (unpaired) electrons. The summed E-state index contributed by atoms with van der Waals surface area (Å²) < 4.78 is 10.3. The van der Waals surface area contributed by atoms with E-state index in [2.05, 4.69) is 0 Å². The zero-order valence-electron chi connectivity index (χ0n) is 10.3. The molecule has 0 aliphatic rings. The van der Waals surface area contributed by atoms with Crippen molar-refractivity contribution in [3.8, 4) is 22.6 Å². The van der Waals surface area contributed by atoms with Gasteiger partial charge in [-0.3, -0.25) is 4.79 Å². The average molecular weight is 242 g/mol. The van der Waals surface area contributed by atoms with Crippen LogP contribution in [-0.4, -0.2) is 14.2 Å². The zero-order valence-corrected chi connectivity index (χ0v) is 10.3. The van der Waals surface area contributed by atoms with Crippen LogP contribution >= 0.6 is 0 Å². The van der Waals surface area contributed by atoms with E-state index >= 15 is 0 Å². The predicted molar refractivity (Wildman–Crippen MR) is 71.3 cm³/mol. The van der Waals surface area contributed by atoms with Crippen LogP contribution in [0, 0.1) is 0 Å². The van der Waals surface area contributed by atoms with E-state index in [1.165, 1.54) is 13.2 Å². The zero-order chi connectivity index (χ0) is 13.0. The van der Waals surface area contributed by atoms with Crippen molar-refractivity contribution < 1.29 is 9.47 Å². The predicted octanol–water partition coefficient (Wildman–Crippen LogP) is 2.73. The van der Waals surface area contributed by atoms with Gasteiger partial charge in [0.25, 0.3) is 0 Å². The highest BCUT2D eigenvalue weighted by Gasteiger charge is 2.04. The van der Waals surface area contributed by atoms with E-state index in [1.54, 1.807) is 19.2 Å². The molecule has 0 atom stereocenters. The molecule has 3 heteroatoms. The van der Waals surface area contributed by atoms with Gasteiger partial charge in [-0.15, -0.1) is 0 Å². The van der Waals surface area contributed by atoms with Crippen LogP contribution in [0.5, 0.6) is 11.5 Å². The molecule has 0 amide bonds. The Labute approximate surface area is 106 Å². The van der Waals surface area contributed by atoms with Crippen molar-refractivity contribution in [1.29, 1.82) is 0 Å². The van der Waals surface area contributed by atoms with Crippen molar-refractivity contribution in [2.45, 2.75) is 0 Å². The van der Waals surface area contributed by atoms with E-state index in [4.69, 9.17) is 9.47 Å². The van der Waals surface area contributed by atoms with Crippen LogP contribution in [0.1, 0.15) is 0 Å². The average Bonchev–Trinajstić information content (AvgIpc) is 2.60. The van der Waals surface area contributed by atoms with Crippen LogP contribution in [0.3, 0.4) is 0 Å². The molecule has 0 saturated heterocycles. The second-order valence-electron chi connectivity index (χ2n) is 3.75. The van der Waals surface area contributed by atoms with Crippen molar-refractivity contribution >= 4 is 0 Å². The Bertz CT molecular complexity index is 606. The monoisotopic (exact) mass is 242 g/mol. The van der Waals surface area contributed by atoms with E-state index in [0.29, 0.717) is 5.75 Å². The van der Waals surface area contributed by atoms with Gasteiger partial charge in [0, 0.05) is 5.56 Å². The highest BCUT2D eigenvalue weighted by molar-refractivity contribution is 5.70. The fraction of sp³-hybridized carbons (Fsp3) is 0.133. The third-order valence-corrected chi connectivity index (χ3v) is 2.71. The third-order valence-electron chi connectivity index (χ3n) is 2.71. The molecule has 0 N–H and O–H groups in total. The number of para-hydroxylation sites is 1. The molecule has 2 rings (SSSR count). The number of benzene rings is 1. The molecule has 0 spiro atoms. The summed E-state index contributed by atoms with van der Waals surface area (Å²) in [7, 11) is 3.11. The summed E-state index contributed by atoms with van der Waals surface area (Å²) in [6.45, 7) is 0. The van der Waals surface area contributed by atoms with Gasteiger partial charge in [0.15, 0.2) is 5.75 Å². The largest absolute Gasteiger partial charge is 0.496 e. The topological polar surface area (TPSA) is 35.5 Å². The maximum absolute atomic E-state index is 11.6. The van der Waals surface area contributed by atoms with Crippen LogP contribution < -0.4 is 14.9 Å². The van der Waals surface area contributed by atoms with Crippen molar-refractivity contribution in [2.75, 3.05) is 14.2 Å². The summed E-state index contributed by atoms with van der Waals surface area (Å²) in [6, 6.07) is 14.5. The lowest BCUT2D eigenvalue weighted by Crippen LogP contribution is -1.98. The lowest BCUT2D eigenvalue weighted by Gasteiger charge is -2.06. The molecule has 0 aliphatic carbocycles. The molecule has 0 heterocycles. The Balaban J connectivity index is 2.59.